The number of carboxylic acids is 1. The van der Waals surface area contributed by atoms with Crippen molar-refractivity contribution >= 4 is 34.5 Å². The molecule has 1 amide bonds. The molecule has 19 heavy (non-hydrogen) atoms. The number of carboxylic acid groups (broad SMARTS) is 1. The van der Waals surface area contributed by atoms with Gasteiger partial charge in [-0.25, -0.2) is 9.18 Å². The first-order chi connectivity index (χ1) is 8.86. The molecule has 1 aromatic carbocycles. The molecular weight excluding hydrogens is 364 g/mol. The zero-order chi connectivity index (χ0) is 14.6. The second-order valence-electron chi connectivity index (χ2n) is 4.30. The molecule has 0 bridgehead atoms. The van der Waals surface area contributed by atoms with Gasteiger partial charge in [0.05, 0.1) is 0 Å². The number of amides is 1. The lowest BCUT2D eigenvalue weighted by Crippen LogP contribution is -2.45. The Morgan fingerprint density at radius 2 is 2.11 bits per heavy atom. The lowest BCUT2D eigenvalue weighted by atomic mass is 9.99. The van der Waals surface area contributed by atoms with Gasteiger partial charge < -0.3 is 10.4 Å². The molecule has 1 rings (SSSR count). The van der Waals surface area contributed by atoms with Crippen LogP contribution in [0.3, 0.4) is 0 Å². The van der Waals surface area contributed by atoms with Crippen LogP contribution >= 0.6 is 22.6 Å². The maximum absolute atomic E-state index is 13.4. The predicted octanol–water partition coefficient (Wildman–Crippen LogP) is 2.66. The molecule has 0 unspecified atom stereocenters. The Morgan fingerprint density at radius 3 is 2.58 bits per heavy atom. The van der Waals surface area contributed by atoms with Crippen molar-refractivity contribution in [3.05, 3.63) is 33.1 Å². The number of carbonyl (C=O) groups is 2. The van der Waals surface area contributed by atoms with Gasteiger partial charge in [-0.3, -0.25) is 4.79 Å². The van der Waals surface area contributed by atoms with Crippen molar-refractivity contribution in [1.29, 1.82) is 0 Å². The van der Waals surface area contributed by atoms with Crippen LogP contribution in [0, 0.1) is 15.3 Å². The Bertz CT molecular complexity index is 493. The van der Waals surface area contributed by atoms with Crippen molar-refractivity contribution in [2.24, 2.45) is 5.92 Å². The van der Waals surface area contributed by atoms with Crippen molar-refractivity contribution in [2.75, 3.05) is 0 Å². The Morgan fingerprint density at radius 1 is 1.47 bits per heavy atom. The average molecular weight is 379 g/mol. The summed E-state index contributed by atoms with van der Waals surface area (Å²) >= 11 is 1.82. The third kappa shape index (κ3) is 4.15. The summed E-state index contributed by atoms with van der Waals surface area (Å²) in [5, 5.41) is 11.5. The van der Waals surface area contributed by atoms with E-state index in [2.05, 4.69) is 5.32 Å². The highest BCUT2D eigenvalue weighted by atomic mass is 127. The molecule has 104 valence electrons. The van der Waals surface area contributed by atoms with Crippen LogP contribution in [0.25, 0.3) is 0 Å². The second kappa shape index (κ2) is 6.83. The summed E-state index contributed by atoms with van der Waals surface area (Å²) < 4.78 is 13.8. The van der Waals surface area contributed by atoms with Crippen molar-refractivity contribution < 1.29 is 19.1 Å². The number of halogens is 2. The van der Waals surface area contributed by atoms with Crippen molar-refractivity contribution in [3.63, 3.8) is 0 Å². The smallest absolute Gasteiger partial charge is 0.326 e. The Hall–Kier alpha value is -1.18. The lowest BCUT2D eigenvalue weighted by molar-refractivity contribution is -0.140. The summed E-state index contributed by atoms with van der Waals surface area (Å²) in [6, 6.07) is 3.08. The molecule has 4 nitrogen and oxygen atoms in total. The minimum atomic E-state index is -1.09. The zero-order valence-corrected chi connectivity index (χ0v) is 12.8. The standard InChI is InChI=1S/C13H15FINO3/c1-3-7(2)11(13(18)19)16-12(17)8-4-5-10(15)9(14)6-8/h4-7,11H,3H2,1-2H3,(H,16,17)(H,18,19)/t7-,11-/m0/s1. The van der Waals surface area contributed by atoms with E-state index >= 15 is 0 Å². The molecule has 2 N–H and O–H groups in total. The molecular formula is C13H15FINO3. The van der Waals surface area contributed by atoms with E-state index < -0.39 is 23.7 Å². The van der Waals surface area contributed by atoms with Gasteiger partial charge in [0.25, 0.3) is 5.91 Å². The summed E-state index contributed by atoms with van der Waals surface area (Å²) in [6.07, 6.45) is 0.623. The van der Waals surface area contributed by atoms with Gasteiger partial charge >= 0.3 is 5.97 Å². The number of rotatable bonds is 5. The molecule has 0 heterocycles. The van der Waals surface area contributed by atoms with Gasteiger partial charge in [-0.05, 0) is 46.7 Å². The van der Waals surface area contributed by atoms with Gasteiger partial charge in [0.1, 0.15) is 11.9 Å². The molecule has 0 aliphatic rings. The second-order valence-corrected chi connectivity index (χ2v) is 5.47. The fourth-order valence-electron chi connectivity index (χ4n) is 1.55. The highest BCUT2D eigenvalue weighted by molar-refractivity contribution is 14.1. The van der Waals surface area contributed by atoms with E-state index in [9.17, 15) is 14.0 Å². The molecule has 0 aromatic heterocycles. The number of hydrogen-bond donors (Lipinski definition) is 2. The largest absolute Gasteiger partial charge is 0.480 e. The molecule has 0 spiro atoms. The number of benzene rings is 1. The van der Waals surface area contributed by atoms with Gasteiger partial charge in [-0.2, -0.15) is 0 Å². The Labute approximate surface area is 124 Å². The summed E-state index contributed by atoms with van der Waals surface area (Å²) in [6.45, 7) is 3.59. The van der Waals surface area contributed by atoms with Gasteiger partial charge in [-0.1, -0.05) is 20.3 Å². The Kier molecular flexibility index (Phi) is 5.71. The van der Waals surface area contributed by atoms with Crippen molar-refractivity contribution in [3.8, 4) is 0 Å². The third-order valence-corrected chi connectivity index (χ3v) is 3.82. The molecule has 0 saturated carbocycles. The zero-order valence-electron chi connectivity index (χ0n) is 10.6. The third-order valence-electron chi connectivity index (χ3n) is 2.95. The molecule has 0 radical (unpaired) electrons. The topological polar surface area (TPSA) is 66.4 Å². The minimum absolute atomic E-state index is 0.118. The maximum Gasteiger partial charge on any atom is 0.326 e. The van der Waals surface area contributed by atoms with Crippen LogP contribution < -0.4 is 5.32 Å². The number of nitrogens with one attached hydrogen (secondary N) is 1. The average Bonchev–Trinajstić information content (AvgIpc) is 2.37. The highest BCUT2D eigenvalue weighted by Crippen LogP contribution is 2.14. The van der Waals surface area contributed by atoms with E-state index in [1.165, 1.54) is 12.1 Å². The summed E-state index contributed by atoms with van der Waals surface area (Å²) in [5.74, 6) is -2.37. The van der Waals surface area contributed by atoms with Gasteiger partial charge in [0, 0.05) is 9.13 Å². The van der Waals surface area contributed by atoms with E-state index in [1.807, 2.05) is 29.5 Å². The van der Waals surface area contributed by atoms with E-state index in [0.717, 1.165) is 6.07 Å². The lowest BCUT2D eigenvalue weighted by Gasteiger charge is -2.20. The monoisotopic (exact) mass is 379 g/mol. The van der Waals surface area contributed by atoms with E-state index in [-0.39, 0.29) is 11.5 Å². The normalized spacial score (nSPS) is 13.7. The van der Waals surface area contributed by atoms with Gasteiger partial charge in [0.15, 0.2) is 0 Å². The van der Waals surface area contributed by atoms with Crippen LogP contribution in [0.1, 0.15) is 30.6 Å². The molecule has 0 aliphatic heterocycles. The summed E-state index contributed by atoms with van der Waals surface area (Å²) in [7, 11) is 0. The summed E-state index contributed by atoms with van der Waals surface area (Å²) in [5.41, 5.74) is 0.118. The van der Waals surface area contributed by atoms with Gasteiger partial charge in [0.2, 0.25) is 0 Å². The highest BCUT2D eigenvalue weighted by Gasteiger charge is 2.25. The van der Waals surface area contributed by atoms with Crippen LogP contribution in [0.2, 0.25) is 0 Å². The van der Waals surface area contributed by atoms with Crippen LogP contribution in [-0.2, 0) is 4.79 Å². The Balaban J connectivity index is 2.87. The van der Waals surface area contributed by atoms with Crippen LogP contribution in [0.5, 0.6) is 0 Å². The fourth-order valence-corrected chi connectivity index (χ4v) is 1.88. The SMILES string of the molecule is CC[C@H](C)[C@H](NC(=O)c1ccc(I)c(F)c1)C(=O)O. The van der Waals surface area contributed by atoms with Crippen LogP contribution in [0.15, 0.2) is 18.2 Å². The van der Waals surface area contributed by atoms with Crippen molar-refractivity contribution in [1.82, 2.24) is 5.32 Å². The van der Waals surface area contributed by atoms with E-state index in [1.54, 1.807) is 6.92 Å². The molecule has 0 aliphatic carbocycles. The minimum Gasteiger partial charge on any atom is -0.480 e. The fraction of sp³-hybridized carbons (Fsp3) is 0.385. The first kappa shape index (κ1) is 15.9. The quantitative estimate of drug-likeness (QED) is 0.774. The van der Waals surface area contributed by atoms with Crippen LogP contribution in [-0.4, -0.2) is 23.0 Å². The van der Waals surface area contributed by atoms with Crippen molar-refractivity contribution in [2.45, 2.75) is 26.3 Å². The summed E-state index contributed by atoms with van der Waals surface area (Å²) in [4.78, 5) is 23.0. The number of hydrogen-bond acceptors (Lipinski definition) is 2. The first-order valence-electron chi connectivity index (χ1n) is 5.85. The number of carbonyl (C=O) groups excluding carboxylic acids is 1. The molecule has 0 saturated heterocycles. The predicted molar refractivity (Wildman–Crippen MR) is 77.5 cm³/mol. The van der Waals surface area contributed by atoms with Crippen LogP contribution in [0.4, 0.5) is 4.39 Å². The molecule has 0 fully saturated rings. The maximum atomic E-state index is 13.4. The molecule has 1 aromatic rings. The van der Waals surface area contributed by atoms with E-state index in [0.29, 0.717) is 9.99 Å². The molecule has 2 atom stereocenters. The first-order valence-corrected chi connectivity index (χ1v) is 6.93. The number of aliphatic carboxylic acids is 1. The molecule has 6 heteroatoms. The van der Waals surface area contributed by atoms with E-state index in [4.69, 9.17) is 5.11 Å². The van der Waals surface area contributed by atoms with Gasteiger partial charge in [-0.15, -0.1) is 0 Å².